The van der Waals surface area contributed by atoms with Crippen LogP contribution < -0.4 is 0 Å². The van der Waals surface area contributed by atoms with Crippen molar-refractivity contribution < 1.29 is 9.53 Å². The molecule has 0 spiro atoms. The van der Waals surface area contributed by atoms with Gasteiger partial charge in [0.05, 0.1) is 6.10 Å². The van der Waals surface area contributed by atoms with Crippen molar-refractivity contribution in [1.82, 2.24) is 14.7 Å². The van der Waals surface area contributed by atoms with Crippen molar-refractivity contribution in [2.75, 3.05) is 52.9 Å². The van der Waals surface area contributed by atoms with Crippen LogP contribution in [0.25, 0.3) is 0 Å². The summed E-state index contributed by atoms with van der Waals surface area (Å²) >= 11 is 0. The number of fused-ring (bicyclic) bond motifs is 1. The van der Waals surface area contributed by atoms with Gasteiger partial charge in [0.15, 0.2) is 0 Å². The largest absolute Gasteiger partial charge is 0.380 e. The summed E-state index contributed by atoms with van der Waals surface area (Å²) in [5.41, 5.74) is 2.30. The zero-order valence-electron chi connectivity index (χ0n) is 16.8. The molecule has 1 amide bonds. The normalized spacial score (nSPS) is 26.1. The number of carbonyl (C=O) groups excluding carboxylic acids is 1. The van der Waals surface area contributed by atoms with E-state index in [0.717, 1.165) is 71.5 Å². The molecule has 4 rings (SSSR count). The third kappa shape index (κ3) is 3.53. The number of methoxy groups -OCH3 is 1. The molecule has 0 bridgehead atoms. The predicted molar refractivity (Wildman–Crippen MR) is 107 cm³/mol. The van der Waals surface area contributed by atoms with Crippen LogP contribution in [0.4, 0.5) is 0 Å². The second-order valence-electron chi connectivity index (χ2n) is 8.33. The first-order chi connectivity index (χ1) is 13.2. The van der Waals surface area contributed by atoms with Crippen molar-refractivity contribution in [3.63, 3.8) is 0 Å². The number of carbonyl (C=O) groups is 1. The number of piperidine rings is 1. The molecule has 2 aliphatic heterocycles. The highest BCUT2D eigenvalue weighted by molar-refractivity contribution is 5.88. The summed E-state index contributed by atoms with van der Waals surface area (Å²) in [6.07, 6.45) is 3.98. The van der Waals surface area contributed by atoms with Gasteiger partial charge in [0.1, 0.15) is 5.54 Å². The number of hydrogen-bond acceptors (Lipinski definition) is 4. The van der Waals surface area contributed by atoms with Gasteiger partial charge in [-0.2, -0.15) is 0 Å². The van der Waals surface area contributed by atoms with Crippen molar-refractivity contribution in [3.05, 3.63) is 35.4 Å². The molecule has 2 saturated heterocycles. The summed E-state index contributed by atoms with van der Waals surface area (Å²) in [4.78, 5) is 21.0. The lowest BCUT2D eigenvalue weighted by Gasteiger charge is -2.47. The number of likely N-dealkylation sites (N-methyl/N-ethyl adjacent to an activating group) is 1. The van der Waals surface area contributed by atoms with Crippen LogP contribution in [0.2, 0.25) is 0 Å². The average Bonchev–Trinajstić information content (AvgIpc) is 3.14. The van der Waals surface area contributed by atoms with Gasteiger partial charge in [-0.15, -0.1) is 0 Å². The number of likely N-dealkylation sites (tertiary alicyclic amines) is 1. The Morgan fingerprint density at radius 1 is 1.11 bits per heavy atom. The Morgan fingerprint density at radius 3 is 2.37 bits per heavy atom. The van der Waals surface area contributed by atoms with Gasteiger partial charge in [0, 0.05) is 59.2 Å². The van der Waals surface area contributed by atoms with Crippen molar-refractivity contribution >= 4 is 5.91 Å². The molecule has 0 radical (unpaired) electrons. The van der Waals surface area contributed by atoms with Crippen LogP contribution in [0, 0.1) is 0 Å². The topological polar surface area (TPSA) is 36.0 Å². The van der Waals surface area contributed by atoms with Crippen LogP contribution in [0.15, 0.2) is 24.3 Å². The quantitative estimate of drug-likeness (QED) is 0.809. The Hall–Kier alpha value is -1.43. The van der Waals surface area contributed by atoms with E-state index in [1.54, 1.807) is 7.11 Å². The van der Waals surface area contributed by atoms with Crippen LogP contribution in [0.5, 0.6) is 0 Å². The maximum absolute atomic E-state index is 13.9. The molecule has 0 unspecified atom stereocenters. The molecule has 0 N–H and O–H groups in total. The Labute approximate surface area is 163 Å². The fraction of sp³-hybridized carbons (Fsp3) is 0.682. The second-order valence-corrected chi connectivity index (χ2v) is 8.33. The number of nitrogens with zero attached hydrogens (tertiary/aromatic N) is 3. The summed E-state index contributed by atoms with van der Waals surface area (Å²) in [5, 5.41) is 0. The zero-order valence-corrected chi connectivity index (χ0v) is 16.8. The van der Waals surface area contributed by atoms with Gasteiger partial charge >= 0.3 is 0 Å². The van der Waals surface area contributed by atoms with Crippen LogP contribution in [0.3, 0.4) is 0 Å². The minimum Gasteiger partial charge on any atom is -0.380 e. The first-order valence-corrected chi connectivity index (χ1v) is 10.5. The van der Waals surface area contributed by atoms with Crippen molar-refractivity contribution in [2.45, 2.75) is 44.2 Å². The summed E-state index contributed by atoms with van der Waals surface area (Å²) in [5.74, 6) is 0.324. The van der Waals surface area contributed by atoms with Gasteiger partial charge in [-0.1, -0.05) is 31.2 Å². The lowest BCUT2D eigenvalue weighted by atomic mass is 9.89. The highest BCUT2D eigenvalue weighted by Crippen LogP contribution is 2.37. The van der Waals surface area contributed by atoms with E-state index in [-0.39, 0.29) is 6.10 Å². The molecule has 2 fully saturated rings. The zero-order chi connectivity index (χ0) is 18.9. The smallest absolute Gasteiger partial charge is 0.243 e. The molecule has 1 aromatic carbocycles. The predicted octanol–water partition coefficient (Wildman–Crippen LogP) is 1.80. The Bertz CT molecular complexity index is 644. The lowest BCUT2D eigenvalue weighted by molar-refractivity contribution is -0.149. The molecular weight excluding hydrogens is 338 g/mol. The van der Waals surface area contributed by atoms with E-state index in [1.165, 1.54) is 11.1 Å². The number of piperazine rings is 1. The molecule has 5 nitrogen and oxygen atoms in total. The van der Waals surface area contributed by atoms with E-state index in [0.29, 0.717) is 5.91 Å². The van der Waals surface area contributed by atoms with Crippen LogP contribution in [-0.4, -0.2) is 85.2 Å². The van der Waals surface area contributed by atoms with E-state index in [4.69, 9.17) is 4.74 Å². The minimum absolute atomic E-state index is 0.181. The van der Waals surface area contributed by atoms with Crippen molar-refractivity contribution in [2.24, 2.45) is 0 Å². The summed E-state index contributed by atoms with van der Waals surface area (Å²) in [6, 6.07) is 8.63. The number of ether oxygens (including phenoxy) is 1. The van der Waals surface area contributed by atoms with E-state index < -0.39 is 5.54 Å². The van der Waals surface area contributed by atoms with E-state index in [2.05, 4.69) is 45.9 Å². The highest BCUT2D eigenvalue weighted by atomic mass is 16.5. The lowest BCUT2D eigenvalue weighted by Crippen LogP contribution is -2.65. The molecule has 0 aromatic heterocycles. The third-order valence-electron chi connectivity index (χ3n) is 6.91. The van der Waals surface area contributed by atoms with Gasteiger partial charge in [-0.3, -0.25) is 9.69 Å². The van der Waals surface area contributed by atoms with Gasteiger partial charge in [-0.05, 0) is 30.5 Å². The molecule has 148 valence electrons. The Balaban J connectivity index is 1.60. The molecule has 1 aromatic rings. The summed E-state index contributed by atoms with van der Waals surface area (Å²) in [7, 11) is 1.77. The standard InChI is InChI=1S/C22H33N3O2/c1-3-23-11-13-25(14-12-23)22(15-18-7-4-5-8-19(18)16-22)21(26)24-10-6-9-20(17-24)27-2/h4-5,7-8,20H,3,6,9-17H2,1-2H3/t20-/m1/s1. The Kier molecular flexibility index (Phi) is 5.53. The molecule has 5 heteroatoms. The fourth-order valence-corrected chi connectivity index (χ4v) is 5.21. The summed E-state index contributed by atoms with van der Waals surface area (Å²) < 4.78 is 5.59. The monoisotopic (exact) mass is 371 g/mol. The Morgan fingerprint density at radius 2 is 1.78 bits per heavy atom. The van der Waals surface area contributed by atoms with Crippen molar-refractivity contribution in [3.8, 4) is 0 Å². The maximum atomic E-state index is 13.9. The number of hydrogen-bond donors (Lipinski definition) is 0. The van der Waals surface area contributed by atoms with Crippen LogP contribution >= 0.6 is 0 Å². The molecular formula is C22H33N3O2. The van der Waals surface area contributed by atoms with Crippen molar-refractivity contribution in [1.29, 1.82) is 0 Å². The fourth-order valence-electron chi connectivity index (χ4n) is 5.21. The number of rotatable bonds is 4. The average molecular weight is 372 g/mol. The number of amides is 1. The third-order valence-corrected chi connectivity index (χ3v) is 6.91. The molecule has 2 heterocycles. The minimum atomic E-state index is -0.404. The van der Waals surface area contributed by atoms with E-state index in [9.17, 15) is 4.79 Å². The van der Waals surface area contributed by atoms with Gasteiger partial charge in [-0.25, -0.2) is 0 Å². The van der Waals surface area contributed by atoms with Crippen LogP contribution in [-0.2, 0) is 22.4 Å². The molecule has 0 saturated carbocycles. The van der Waals surface area contributed by atoms with E-state index >= 15 is 0 Å². The van der Waals surface area contributed by atoms with Crippen LogP contribution in [0.1, 0.15) is 30.9 Å². The molecule has 1 atom stereocenters. The molecule has 1 aliphatic carbocycles. The SMILES string of the molecule is CCN1CCN(C2(C(=O)N3CCC[C@@H](OC)C3)Cc3ccccc3C2)CC1. The van der Waals surface area contributed by atoms with Gasteiger partial charge in [0.25, 0.3) is 0 Å². The second kappa shape index (κ2) is 7.90. The summed E-state index contributed by atoms with van der Waals surface area (Å²) in [6.45, 7) is 9.00. The van der Waals surface area contributed by atoms with E-state index in [1.807, 2.05) is 0 Å². The number of benzene rings is 1. The highest BCUT2D eigenvalue weighted by Gasteiger charge is 2.51. The first kappa shape index (κ1) is 18.9. The van der Waals surface area contributed by atoms with Gasteiger partial charge in [0.2, 0.25) is 5.91 Å². The first-order valence-electron chi connectivity index (χ1n) is 10.5. The molecule has 3 aliphatic rings. The maximum Gasteiger partial charge on any atom is 0.243 e. The van der Waals surface area contributed by atoms with Gasteiger partial charge < -0.3 is 14.5 Å². The molecule has 27 heavy (non-hydrogen) atoms.